The van der Waals surface area contributed by atoms with E-state index in [1.807, 2.05) is 0 Å². The number of nitrogens with zero attached hydrogens (tertiary/aromatic N) is 2. The number of hydrogen-bond donors (Lipinski definition) is 1. The molecule has 0 saturated carbocycles. The van der Waals surface area contributed by atoms with Crippen LogP contribution >= 0.6 is 0 Å². The SMILES string of the molecule is CC(NC(=O)N1CCN(c2ccc(F)cc2)CC1)c1ccc(F)c(F)c1. The fraction of sp³-hybridized carbons (Fsp3) is 0.316. The normalized spacial score (nSPS) is 15.7. The summed E-state index contributed by atoms with van der Waals surface area (Å²) in [6.45, 7) is 4.04. The average molecular weight is 363 g/mol. The standard InChI is InChI=1S/C19H20F3N3O/c1-13(14-2-7-17(21)18(22)12-14)23-19(26)25-10-8-24(9-11-25)16-5-3-15(20)4-6-16/h2-7,12-13H,8-11H2,1H3,(H,23,26). The van der Waals surface area contributed by atoms with Crippen LogP contribution in [-0.4, -0.2) is 37.1 Å². The minimum absolute atomic E-state index is 0.249. The van der Waals surface area contributed by atoms with Crippen molar-refractivity contribution in [1.29, 1.82) is 0 Å². The lowest BCUT2D eigenvalue weighted by molar-refractivity contribution is 0.191. The summed E-state index contributed by atoms with van der Waals surface area (Å²) >= 11 is 0. The maximum absolute atomic E-state index is 13.3. The summed E-state index contributed by atoms with van der Waals surface area (Å²) in [5.74, 6) is -2.13. The van der Waals surface area contributed by atoms with Gasteiger partial charge in [0.2, 0.25) is 0 Å². The van der Waals surface area contributed by atoms with Crippen LogP contribution in [0.15, 0.2) is 42.5 Å². The maximum atomic E-state index is 13.3. The minimum atomic E-state index is -0.934. The van der Waals surface area contributed by atoms with Crippen LogP contribution in [0, 0.1) is 17.5 Å². The molecule has 1 fully saturated rings. The molecule has 0 radical (unpaired) electrons. The largest absolute Gasteiger partial charge is 0.368 e. The quantitative estimate of drug-likeness (QED) is 0.903. The van der Waals surface area contributed by atoms with E-state index in [-0.39, 0.29) is 11.8 Å². The average Bonchev–Trinajstić information content (AvgIpc) is 2.64. The number of benzene rings is 2. The summed E-state index contributed by atoms with van der Waals surface area (Å²) in [6, 6.07) is 9.17. The summed E-state index contributed by atoms with van der Waals surface area (Å²) in [5.41, 5.74) is 1.42. The van der Waals surface area contributed by atoms with Crippen LogP contribution in [0.25, 0.3) is 0 Å². The number of rotatable bonds is 3. The van der Waals surface area contributed by atoms with Crippen LogP contribution in [0.2, 0.25) is 0 Å². The van der Waals surface area contributed by atoms with Gasteiger partial charge in [0.15, 0.2) is 11.6 Å². The lowest BCUT2D eigenvalue weighted by Crippen LogP contribution is -2.52. The number of carbonyl (C=O) groups is 1. The Bertz CT molecular complexity index is 774. The van der Waals surface area contributed by atoms with Crippen molar-refractivity contribution in [2.45, 2.75) is 13.0 Å². The molecule has 1 saturated heterocycles. The molecule has 1 aliphatic rings. The van der Waals surface area contributed by atoms with E-state index >= 15 is 0 Å². The molecule has 7 heteroatoms. The number of hydrogen-bond acceptors (Lipinski definition) is 2. The fourth-order valence-electron chi connectivity index (χ4n) is 2.96. The second-order valence-electron chi connectivity index (χ2n) is 6.30. The Morgan fingerprint density at radius 2 is 1.62 bits per heavy atom. The highest BCUT2D eigenvalue weighted by Crippen LogP contribution is 2.19. The topological polar surface area (TPSA) is 35.6 Å². The molecule has 1 aliphatic heterocycles. The van der Waals surface area contributed by atoms with Gasteiger partial charge in [-0.1, -0.05) is 6.07 Å². The van der Waals surface area contributed by atoms with Crippen LogP contribution < -0.4 is 10.2 Å². The van der Waals surface area contributed by atoms with E-state index in [1.54, 1.807) is 24.0 Å². The van der Waals surface area contributed by atoms with Crippen LogP contribution in [0.5, 0.6) is 0 Å². The Kier molecular flexibility index (Phi) is 5.35. The highest BCUT2D eigenvalue weighted by Gasteiger charge is 2.23. The molecular weight excluding hydrogens is 343 g/mol. The lowest BCUT2D eigenvalue weighted by atomic mass is 10.1. The molecule has 1 heterocycles. The molecule has 4 nitrogen and oxygen atoms in total. The van der Waals surface area contributed by atoms with Crippen molar-refractivity contribution in [3.05, 3.63) is 65.5 Å². The predicted molar refractivity (Wildman–Crippen MR) is 93.5 cm³/mol. The van der Waals surface area contributed by atoms with Crippen LogP contribution in [0.1, 0.15) is 18.5 Å². The molecule has 1 atom stereocenters. The van der Waals surface area contributed by atoms with Crippen molar-refractivity contribution < 1.29 is 18.0 Å². The smallest absolute Gasteiger partial charge is 0.317 e. The number of halogens is 3. The van der Waals surface area contributed by atoms with Gasteiger partial charge in [0.25, 0.3) is 0 Å². The van der Waals surface area contributed by atoms with Gasteiger partial charge >= 0.3 is 6.03 Å². The molecule has 1 N–H and O–H groups in total. The molecule has 3 rings (SSSR count). The van der Waals surface area contributed by atoms with Crippen molar-refractivity contribution in [2.24, 2.45) is 0 Å². The van der Waals surface area contributed by atoms with E-state index in [1.165, 1.54) is 18.2 Å². The number of carbonyl (C=O) groups excluding carboxylic acids is 1. The monoisotopic (exact) mass is 363 g/mol. The van der Waals surface area contributed by atoms with Crippen molar-refractivity contribution in [3.63, 3.8) is 0 Å². The van der Waals surface area contributed by atoms with Gasteiger partial charge in [0, 0.05) is 31.9 Å². The number of amides is 2. The number of piperazine rings is 1. The van der Waals surface area contributed by atoms with Crippen molar-refractivity contribution in [2.75, 3.05) is 31.1 Å². The first-order valence-corrected chi connectivity index (χ1v) is 8.45. The molecule has 138 valence electrons. The van der Waals surface area contributed by atoms with Crippen LogP contribution in [0.4, 0.5) is 23.7 Å². The van der Waals surface area contributed by atoms with Gasteiger partial charge in [0.05, 0.1) is 6.04 Å². The van der Waals surface area contributed by atoms with Crippen molar-refractivity contribution in [1.82, 2.24) is 10.2 Å². The lowest BCUT2D eigenvalue weighted by Gasteiger charge is -2.36. The van der Waals surface area contributed by atoms with Crippen molar-refractivity contribution >= 4 is 11.7 Å². The van der Waals surface area contributed by atoms with E-state index in [0.717, 1.165) is 17.8 Å². The highest BCUT2D eigenvalue weighted by atomic mass is 19.2. The maximum Gasteiger partial charge on any atom is 0.317 e. The molecular formula is C19H20F3N3O. The van der Waals surface area contributed by atoms with Crippen LogP contribution in [-0.2, 0) is 0 Å². The second-order valence-corrected chi connectivity index (χ2v) is 6.30. The molecule has 0 bridgehead atoms. The molecule has 26 heavy (non-hydrogen) atoms. The van der Waals surface area contributed by atoms with Gasteiger partial charge in [-0.15, -0.1) is 0 Å². The van der Waals surface area contributed by atoms with E-state index in [4.69, 9.17) is 0 Å². The molecule has 1 unspecified atom stereocenters. The Morgan fingerprint density at radius 3 is 2.23 bits per heavy atom. The molecule has 0 aliphatic carbocycles. The van der Waals surface area contributed by atoms with E-state index in [9.17, 15) is 18.0 Å². The summed E-state index contributed by atoms with van der Waals surface area (Å²) in [7, 11) is 0. The minimum Gasteiger partial charge on any atom is -0.368 e. The van der Waals surface area contributed by atoms with Gasteiger partial charge in [0.1, 0.15) is 5.82 Å². The zero-order valence-electron chi connectivity index (χ0n) is 14.4. The number of anilines is 1. The fourth-order valence-corrected chi connectivity index (χ4v) is 2.96. The summed E-state index contributed by atoms with van der Waals surface area (Å²) in [6.07, 6.45) is 0. The molecule has 2 aromatic rings. The zero-order valence-corrected chi connectivity index (χ0v) is 14.4. The Hall–Kier alpha value is -2.70. The van der Waals surface area contributed by atoms with Gasteiger partial charge in [-0.05, 0) is 48.9 Å². The Morgan fingerprint density at radius 1 is 0.962 bits per heavy atom. The Labute approximate surface area is 150 Å². The number of nitrogens with one attached hydrogen (secondary N) is 1. The third-order valence-electron chi connectivity index (χ3n) is 4.54. The second kappa shape index (κ2) is 7.68. The third-order valence-corrected chi connectivity index (χ3v) is 4.54. The summed E-state index contributed by atoms with van der Waals surface area (Å²) in [5, 5.41) is 2.80. The Balaban J connectivity index is 1.54. The van der Waals surface area contributed by atoms with Gasteiger partial charge < -0.3 is 15.1 Å². The van der Waals surface area contributed by atoms with E-state index in [0.29, 0.717) is 31.7 Å². The molecule has 2 amide bonds. The van der Waals surface area contributed by atoms with Crippen LogP contribution in [0.3, 0.4) is 0 Å². The molecule has 2 aromatic carbocycles. The molecule has 0 aromatic heterocycles. The first-order chi connectivity index (χ1) is 12.4. The summed E-state index contributed by atoms with van der Waals surface area (Å²) in [4.78, 5) is 16.2. The predicted octanol–water partition coefficient (Wildman–Crippen LogP) is 3.70. The van der Waals surface area contributed by atoms with Crippen molar-refractivity contribution in [3.8, 4) is 0 Å². The van der Waals surface area contributed by atoms with E-state index < -0.39 is 17.7 Å². The highest BCUT2D eigenvalue weighted by molar-refractivity contribution is 5.75. The first kappa shape index (κ1) is 18.1. The first-order valence-electron chi connectivity index (χ1n) is 8.45. The summed E-state index contributed by atoms with van der Waals surface area (Å²) < 4.78 is 39.4. The third kappa shape index (κ3) is 4.09. The van der Waals surface area contributed by atoms with E-state index in [2.05, 4.69) is 10.2 Å². The zero-order chi connectivity index (χ0) is 18.7. The van der Waals surface area contributed by atoms with Gasteiger partial charge in [-0.25, -0.2) is 18.0 Å². The number of urea groups is 1. The van der Waals surface area contributed by atoms with Gasteiger partial charge in [-0.3, -0.25) is 0 Å². The molecule has 0 spiro atoms. The van der Waals surface area contributed by atoms with Gasteiger partial charge in [-0.2, -0.15) is 0 Å².